The lowest BCUT2D eigenvalue weighted by Gasteiger charge is -2.27. The Morgan fingerprint density at radius 1 is 1.45 bits per heavy atom. The number of hydrogen-bond donors (Lipinski definition) is 0. The Bertz CT molecular complexity index is 584. The fraction of sp³-hybridized carbons (Fsp3) is 0.571. The van der Waals surface area contributed by atoms with Crippen molar-refractivity contribution in [2.75, 3.05) is 25.7 Å². The third-order valence-electron chi connectivity index (χ3n) is 5.01. The van der Waals surface area contributed by atoms with Crippen LogP contribution in [0.2, 0.25) is 0 Å². The molecule has 2 bridgehead atoms. The molecule has 0 N–H and O–H groups in total. The summed E-state index contributed by atoms with van der Waals surface area (Å²) in [6, 6.07) is 6.31. The van der Waals surface area contributed by atoms with E-state index in [0.717, 1.165) is 10.4 Å². The number of aromatic nitrogens is 1. The van der Waals surface area contributed by atoms with Crippen LogP contribution in [0.25, 0.3) is 0 Å². The first-order valence-corrected chi connectivity index (χ1v) is 7.45. The number of methoxy groups -OCH3 is 2. The summed E-state index contributed by atoms with van der Waals surface area (Å²) in [6.45, 7) is 0.521. The van der Waals surface area contributed by atoms with Gasteiger partial charge in [0.2, 0.25) is 0 Å². The van der Waals surface area contributed by atoms with Gasteiger partial charge < -0.3 is 14.4 Å². The number of anilines is 1. The molecule has 0 amide bonds. The van der Waals surface area contributed by atoms with Crippen molar-refractivity contribution >= 4 is 27.7 Å². The van der Waals surface area contributed by atoms with Crippen LogP contribution < -0.4 is 4.90 Å². The van der Waals surface area contributed by atoms with Gasteiger partial charge in [0, 0.05) is 25.0 Å². The number of piperidine rings is 1. The maximum Gasteiger partial charge on any atom is 0.314 e. The lowest BCUT2D eigenvalue weighted by atomic mass is 9.90. The third-order valence-corrected chi connectivity index (χ3v) is 5.45. The number of fused-ring (bicyclic) bond motifs is 1. The minimum Gasteiger partial charge on any atom is -0.469 e. The molecule has 2 aliphatic heterocycles. The smallest absolute Gasteiger partial charge is 0.314 e. The van der Waals surface area contributed by atoms with E-state index in [1.54, 1.807) is 7.11 Å². The van der Waals surface area contributed by atoms with Gasteiger partial charge in [-0.2, -0.15) is 0 Å². The Kier molecular flexibility index (Phi) is 2.49. The SMILES string of the molecule is COC[C@@H]1N(c2cccc(Br)n2)C2[C@H]3[C@H]2C13C(=O)OC. The minimum absolute atomic E-state index is 0.0294. The first-order valence-electron chi connectivity index (χ1n) is 6.66. The number of esters is 1. The van der Waals surface area contributed by atoms with Gasteiger partial charge in [-0.05, 0) is 28.1 Å². The molecule has 3 atom stereocenters. The highest BCUT2D eigenvalue weighted by Gasteiger charge is 2.97. The molecule has 2 saturated heterocycles. The summed E-state index contributed by atoms with van der Waals surface area (Å²) >= 11 is 3.40. The van der Waals surface area contributed by atoms with E-state index in [-0.39, 0.29) is 17.4 Å². The predicted molar refractivity (Wildman–Crippen MR) is 75.3 cm³/mol. The van der Waals surface area contributed by atoms with Gasteiger partial charge in [0.25, 0.3) is 0 Å². The standard InChI is InChI=1S/C14H15BrN2O3/c1-19-6-7-14(13(18)20-2)10-11(14)12(10)17(7)9-5-3-4-8(15)16-9/h3-5,7,10-12H,6H2,1-2H3/t7-,10+,11+,12?,14?/m0/s1. The van der Waals surface area contributed by atoms with Crippen LogP contribution in [0.15, 0.2) is 22.8 Å². The molecule has 2 aliphatic carbocycles. The summed E-state index contributed by atoms with van der Waals surface area (Å²) in [5.41, 5.74) is -0.348. The average Bonchev–Trinajstić information content (AvgIpc) is 3.28. The second-order valence-electron chi connectivity index (χ2n) is 5.66. The van der Waals surface area contributed by atoms with Crippen molar-refractivity contribution in [3.8, 4) is 0 Å². The van der Waals surface area contributed by atoms with Gasteiger partial charge in [-0.15, -0.1) is 0 Å². The zero-order valence-electron chi connectivity index (χ0n) is 11.2. The fourth-order valence-corrected chi connectivity index (χ4v) is 4.58. The minimum atomic E-state index is -0.348. The van der Waals surface area contributed by atoms with Crippen molar-refractivity contribution in [3.05, 3.63) is 22.8 Å². The number of carbonyl (C=O) groups is 1. The topological polar surface area (TPSA) is 51.7 Å². The Morgan fingerprint density at radius 2 is 2.20 bits per heavy atom. The van der Waals surface area contributed by atoms with E-state index in [1.165, 1.54) is 7.11 Å². The summed E-state index contributed by atoms with van der Waals surface area (Å²) in [5, 5.41) is 0. The Morgan fingerprint density at radius 3 is 2.80 bits per heavy atom. The van der Waals surface area contributed by atoms with E-state index in [1.807, 2.05) is 18.2 Å². The van der Waals surface area contributed by atoms with Crippen molar-refractivity contribution in [3.63, 3.8) is 0 Å². The van der Waals surface area contributed by atoms with Crippen molar-refractivity contribution < 1.29 is 14.3 Å². The van der Waals surface area contributed by atoms with Crippen LogP contribution in [0.4, 0.5) is 5.82 Å². The molecule has 106 valence electrons. The maximum absolute atomic E-state index is 12.2. The molecule has 20 heavy (non-hydrogen) atoms. The van der Waals surface area contributed by atoms with Gasteiger partial charge in [0.15, 0.2) is 0 Å². The highest BCUT2D eigenvalue weighted by molar-refractivity contribution is 9.10. The van der Waals surface area contributed by atoms with Crippen molar-refractivity contribution in [2.24, 2.45) is 17.3 Å². The van der Waals surface area contributed by atoms with E-state index < -0.39 is 0 Å². The summed E-state index contributed by atoms with van der Waals surface area (Å²) < 4.78 is 11.2. The zero-order valence-corrected chi connectivity index (χ0v) is 12.8. The molecule has 1 aromatic rings. The second kappa shape index (κ2) is 3.95. The van der Waals surface area contributed by atoms with Gasteiger partial charge in [-0.25, -0.2) is 4.98 Å². The first-order chi connectivity index (χ1) is 9.67. The quantitative estimate of drug-likeness (QED) is 0.614. The van der Waals surface area contributed by atoms with E-state index in [0.29, 0.717) is 24.5 Å². The second-order valence-corrected chi connectivity index (χ2v) is 6.48. The lowest BCUT2D eigenvalue weighted by molar-refractivity contribution is -0.149. The van der Waals surface area contributed by atoms with Crippen LogP contribution in [0.3, 0.4) is 0 Å². The van der Waals surface area contributed by atoms with Crippen molar-refractivity contribution in [2.45, 2.75) is 12.1 Å². The van der Waals surface area contributed by atoms with Crippen LogP contribution in [-0.4, -0.2) is 43.9 Å². The summed E-state index contributed by atoms with van der Waals surface area (Å²) in [4.78, 5) is 19.0. The van der Waals surface area contributed by atoms with E-state index >= 15 is 0 Å². The monoisotopic (exact) mass is 338 g/mol. The molecule has 3 heterocycles. The molecule has 0 radical (unpaired) electrons. The molecule has 1 aromatic heterocycles. The van der Waals surface area contributed by atoms with E-state index in [9.17, 15) is 4.79 Å². The molecule has 4 fully saturated rings. The third kappa shape index (κ3) is 1.27. The van der Waals surface area contributed by atoms with E-state index in [4.69, 9.17) is 9.47 Å². The molecule has 5 nitrogen and oxygen atoms in total. The van der Waals surface area contributed by atoms with Gasteiger partial charge in [-0.3, -0.25) is 4.79 Å². The highest BCUT2D eigenvalue weighted by Crippen LogP contribution is 2.86. The number of rotatable bonds is 4. The average molecular weight is 339 g/mol. The van der Waals surface area contributed by atoms with E-state index in [2.05, 4.69) is 25.8 Å². The highest BCUT2D eigenvalue weighted by atomic mass is 79.9. The lowest BCUT2D eigenvalue weighted by Crippen LogP contribution is -2.41. The molecule has 0 unspecified atom stereocenters. The molecule has 2 saturated carbocycles. The molecule has 4 aliphatic rings. The molecular weight excluding hydrogens is 324 g/mol. The summed E-state index contributed by atoms with van der Waals surface area (Å²) in [5.74, 6) is 1.66. The molecular formula is C14H15BrN2O3. The van der Waals surface area contributed by atoms with Crippen LogP contribution in [0.5, 0.6) is 0 Å². The Balaban J connectivity index is 1.71. The number of hydrogen-bond acceptors (Lipinski definition) is 5. The normalized spacial score (nSPS) is 39.5. The molecule has 0 aromatic carbocycles. The van der Waals surface area contributed by atoms with Crippen LogP contribution >= 0.6 is 15.9 Å². The maximum atomic E-state index is 12.2. The van der Waals surface area contributed by atoms with Crippen molar-refractivity contribution in [1.29, 1.82) is 0 Å². The van der Waals surface area contributed by atoms with Crippen LogP contribution in [0, 0.1) is 17.3 Å². The fourth-order valence-electron chi connectivity index (χ4n) is 4.25. The summed E-state index contributed by atoms with van der Waals surface area (Å²) in [7, 11) is 3.14. The largest absolute Gasteiger partial charge is 0.469 e. The van der Waals surface area contributed by atoms with Gasteiger partial charge in [0.1, 0.15) is 15.8 Å². The number of carbonyl (C=O) groups excluding carboxylic acids is 1. The van der Waals surface area contributed by atoms with Gasteiger partial charge in [0.05, 0.1) is 19.8 Å². The number of ether oxygens (including phenoxy) is 2. The predicted octanol–water partition coefficient (Wildman–Crippen LogP) is 1.47. The molecule has 0 spiro atoms. The number of halogens is 1. The van der Waals surface area contributed by atoms with Crippen LogP contribution in [0.1, 0.15) is 0 Å². The van der Waals surface area contributed by atoms with Gasteiger partial charge in [-0.1, -0.05) is 6.07 Å². The molecule has 6 heteroatoms. The molecule has 5 rings (SSSR count). The van der Waals surface area contributed by atoms with Crippen LogP contribution in [-0.2, 0) is 14.3 Å². The number of pyridine rings is 1. The van der Waals surface area contributed by atoms with Gasteiger partial charge >= 0.3 is 5.97 Å². The van der Waals surface area contributed by atoms with Crippen molar-refractivity contribution in [1.82, 2.24) is 4.98 Å². The Hall–Kier alpha value is -1.14. The Labute approximate surface area is 125 Å². The zero-order chi connectivity index (χ0) is 14.1. The number of nitrogens with zero attached hydrogens (tertiary/aromatic N) is 2. The summed E-state index contributed by atoms with van der Waals surface area (Å²) in [6.07, 6.45) is 0. The first kappa shape index (κ1) is 12.6.